The van der Waals surface area contributed by atoms with Gasteiger partial charge >= 0.3 is 17.8 Å². The number of benzene rings is 2. The SMILES string of the molecule is CCOC(=O)c1ccc(NC(=O)C(=O)Nc2ccc(Cl)cc2Cl)cc1. The summed E-state index contributed by atoms with van der Waals surface area (Å²) in [6, 6.07) is 10.4. The van der Waals surface area contributed by atoms with Gasteiger partial charge in [-0.2, -0.15) is 0 Å². The van der Waals surface area contributed by atoms with Crippen LogP contribution in [0.15, 0.2) is 42.5 Å². The van der Waals surface area contributed by atoms with Crippen LogP contribution in [-0.2, 0) is 14.3 Å². The molecule has 2 N–H and O–H groups in total. The summed E-state index contributed by atoms with van der Waals surface area (Å²) >= 11 is 11.7. The van der Waals surface area contributed by atoms with Crippen molar-refractivity contribution in [1.82, 2.24) is 0 Å². The van der Waals surface area contributed by atoms with Gasteiger partial charge in [-0.1, -0.05) is 23.2 Å². The van der Waals surface area contributed by atoms with Gasteiger partial charge in [-0.05, 0) is 49.4 Å². The zero-order valence-corrected chi connectivity index (χ0v) is 14.6. The highest BCUT2D eigenvalue weighted by molar-refractivity contribution is 6.45. The fourth-order valence-electron chi connectivity index (χ4n) is 1.86. The lowest BCUT2D eigenvalue weighted by Crippen LogP contribution is -2.29. The molecule has 0 bridgehead atoms. The molecule has 0 radical (unpaired) electrons. The normalized spacial score (nSPS) is 10.0. The Morgan fingerprint density at radius 3 is 2.20 bits per heavy atom. The Morgan fingerprint density at radius 1 is 0.960 bits per heavy atom. The Morgan fingerprint density at radius 2 is 1.60 bits per heavy atom. The summed E-state index contributed by atoms with van der Waals surface area (Å²) in [6.07, 6.45) is 0. The van der Waals surface area contributed by atoms with Crippen molar-refractivity contribution in [1.29, 1.82) is 0 Å². The number of rotatable bonds is 4. The van der Waals surface area contributed by atoms with Crippen molar-refractivity contribution in [3.05, 3.63) is 58.1 Å². The average molecular weight is 381 g/mol. The van der Waals surface area contributed by atoms with Gasteiger partial charge in [0.05, 0.1) is 22.9 Å². The number of hydrogen-bond acceptors (Lipinski definition) is 4. The number of esters is 1. The number of carbonyl (C=O) groups is 3. The van der Waals surface area contributed by atoms with Crippen molar-refractivity contribution >= 4 is 52.4 Å². The number of amides is 2. The first kappa shape index (κ1) is 18.8. The first-order chi connectivity index (χ1) is 11.9. The van der Waals surface area contributed by atoms with Gasteiger partial charge in [0.25, 0.3) is 0 Å². The van der Waals surface area contributed by atoms with E-state index >= 15 is 0 Å². The Labute approximate surface area is 154 Å². The van der Waals surface area contributed by atoms with Crippen LogP contribution >= 0.6 is 23.2 Å². The molecule has 0 unspecified atom stereocenters. The maximum Gasteiger partial charge on any atom is 0.338 e. The van der Waals surface area contributed by atoms with E-state index in [4.69, 9.17) is 27.9 Å². The summed E-state index contributed by atoms with van der Waals surface area (Å²) < 4.78 is 4.86. The van der Waals surface area contributed by atoms with E-state index in [9.17, 15) is 14.4 Å². The number of nitrogens with one attached hydrogen (secondary N) is 2. The molecular formula is C17H14Cl2N2O4. The predicted octanol–water partition coefficient (Wildman–Crippen LogP) is 3.75. The van der Waals surface area contributed by atoms with E-state index in [0.717, 1.165) is 0 Å². The summed E-state index contributed by atoms with van der Waals surface area (Å²) in [5, 5.41) is 5.43. The molecule has 0 fully saturated rings. The van der Waals surface area contributed by atoms with E-state index in [2.05, 4.69) is 10.6 Å². The second-order valence-corrected chi connectivity index (χ2v) is 5.67. The smallest absolute Gasteiger partial charge is 0.338 e. The molecule has 2 amide bonds. The number of carbonyl (C=O) groups excluding carboxylic acids is 3. The van der Waals surface area contributed by atoms with E-state index in [0.29, 0.717) is 16.3 Å². The quantitative estimate of drug-likeness (QED) is 0.624. The van der Waals surface area contributed by atoms with E-state index in [1.165, 1.54) is 42.5 Å². The minimum Gasteiger partial charge on any atom is -0.462 e. The minimum atomic E-state index is -0.890. The van der Waals surface area contributed by atoms with Gasteiger partial charge in [-0.3, -0.25) is 9.59 Å². The Balaban J connectivity index is 1.99. The molecule has 0 aliphatic heterocycles. The lowest BCUT2D eigenvalue weighted by Gasteiger charge is -2.08. The molecule has 0 saturated carbocycles. The van der Waals surface area contributed by atoms with Crippen molar-refractivity contribution < 1.29 is 19.1 Å². The number of ether oxygens (including phenoxy) is 1. The monoisotopic (exact) mass is 380 g/mol. The van der Waals surface area contributed by atoms with Gasteiger partial charge in [-0.25, -0.2) is 4.79 Å². The van der Waals surface area contributed by atoms with Gasteiger partial charge in [0.2, 0.25) is 0 Å². The molecule has 2 rings (SSSR count). The lowest BCUT2D eigenvalue weighted by molar-refractivity contribution is -0.132. The highest BCUT2D eigenvalue weighted by atomic mass is 35.5. The van der Waals surface area contributed by atoms with E-state index in [1.807, 2.05) is 0 Å². The van der Waals surface area contributed by atoms with Crippen molar-refractivity contribution in [2.45, 2.75) is 6.92 Å². The predicted molar refractivity (Wildman–Crippen MR) is 96.1 cm³/mol. The van der Waals surface area contributed by atoms with E-state index in [1.54, 1.807) is 6.92 Å². The molecule has 0 saturated heterocycles. The van der Waals surface area contributed by atoms with Crippen LogP contribution in [0.5, 0.6) is 0 Å². The van der Waals surface area contributed by atoms with Crippen LogP contribution in [-0.4, -0.2) is 24.4 Å². The van der Waals surface area contributed by atoms with Crippen molar-refractivity contribution in [2.75, 3.05) is 17.2 Å². The summed E-state index contributed by atoms with van der Waals surface area (Å²) in [7, 11) is 0. The summed E-state index contributed by atoms with van der Waals surface area (Å²) in [4.78, 5) is 35.4. The van der Waals surface area contributed by atoms with Crippen molar-refractivity contribution in [3.63, 3.8) is 0 Å². The molecule has 0 aliphatic rings. The first-order valence-corrected chi connectivity index (χ1v) is 8.01. The molecule has 0 aromatic heterocycles. The number of halogens is 2. The van der Waals surface area contributed by atoms with Gasteiger partial charge in [0, 0.05) is 10.7 Å². The molecule has 0 atom stereocenters. The molecule has 0 spiro atoms. The van der Waals surface area contributed by atoms with Crippen LogP contribution in [0.4, 0.5) is 11.4 Å². The summed E-state index contributed by atoms with van der Waals surface area (Å²) in [6.45, 7) is 1.97. The highest BCUT2D eigenvalue weighted by Gasteiger charge is 2.16. The topological polar surface area (TPSA) is 84.5 Å². The third kappa shape index (κ3) is 5.20. The largest absolute Gasteiger partial charge is 0.462 e. The van der Waals surface area contributed by atoms with Crippen LogP contribution in [0, 0.1) is 0 Å². The Bertz CT molecular complexity index is 807. The molecule has 130 valence electrons. The number of anilines is 2. The standard InChI is InChI=1S/C17H14Cl2N2O4/c1-2-25-17(24)10-3-6-12(7-4-10)20-15(22)16(23)21-14-8-5-11(18)9-13(14)19/h3-9H,2H2,1H3,(H,20,22)(H,21,23). The second-order valence-electron chi connectivity index (χ2n) is 4.83. The molecule has 0 heterocycles. The first-order valence-electron chi connectivity index (χ1n) is 7.25. The van der Waals surface area contributed by atoms with Crippen LogP contribution in [0.3, 0.4) is 0 Å². The third-order valence-corrected chi connectivity index (χ3v) is 3.59. The summed E-state index contributed by atoms with van der Waals surface area (Å²) in [5.41, 5.74) is 0.969. The fraction of sp³-hybridized carbons (Fsp3) is 0.118. The molecule has 2 aromatic rings. The van der Waals surface area contributed by atoms with E-state index in [-0.39, 0.29) is 17.3 Å². The minimum absolute atomic E-state index is 0.215. The maximum atomic E-state index is 11.9. The van der Waals surface area contributed by atoms with E-state index < -0.39 is 17.8 Å². The maximum absolute atomic E-state index is 11.9. The Kier molecular flexibility index (Phi) is 6.38. The Hall–Kier alpha value is -2.57. The zero-order valence-electron chi connectivity index (χ0n) is 13.1. The van der Waals surface area contributed by atoms with Crippen LogP contribution in [0.2, 0.25) is 10.0 Å². The van der Waals surface area contributed by atoms with Crippen LogP contribution < -0.4 is 10.6 Å². The lowest BCUT2D eigenvalue weighted by atomic mass is 10.2. The van der Waals surface area contributed by atoms with Gasteiger partial charge in [0.15, 0.2) is 0 Å². The van der Waals surface area contributed by atoms with Crippen molar-refractivity contribution in [2.24, 2.45) is 0 Å². The van der Waals surface area contributed by atoms with Gasteiger partial charge in [-0.15, -0.1) is 0 Å². The second kappa shape index (κ2) is 8.50. The highest BCUT2D eigenvalue weighted by Crippen LogP contribution is 2.25. The van der Waals surface area contributed by atoms with Crippen LogP contribution in [0.1, 0.15) is 17.3 Å². The molecule has 6 nitrogen and oxygen atoms in total. The van der Waals surface area contributed by atoms with Crippen LogP contribution in [0.25, 0.3) is 0 Å². The molecule has 25 heavy (non-hydrogen) atoms. The fourth-order valence-corrected chi connectivity index (χ4v) is 2.32. The number of hydrogen-bond donors (Lipinski definition) is 2. The average Bonchev–Trinajstić information content (AvgIpc) is 2.58. The van der Waals surface area contributed by atoms with Gasteiger partial charge in [0.1, 0.15) is 0 Å². The molecular weight excluding hydrogens is 367 g/mol. The molecule has 2 aromatic carbocycles. The van der Waals surface area contributed by atoms with Crippen molar-refractivity contribution in [3.8, 4) is 0 Å². The third-order valence-electron chi connectivity index (χ3n) is 3.04. The molecule has 8 heteroatoms. The zero-order chi connectivity index (χ0) is 18.4. The summed E-state index contributed by atoms with van der Waals surface area (Å²) in [5.74, 6) is -2.23. The molecule has 0 aliphatic carbocycles. The van der Waals surface area contributed by atoms with Gasteiger partial charge < -0.3 is 15.4 Å².